The van der Waals surface area contributed by atoms with Gasteiger partial charge >= 0.3 is 0 Å². The number of likely N-dealkylation sites (N-methyl/N-ethyl adjacent to an activating group) is 1. The summed E-state index contributed by atoms with van der Waals surface area (Å²) in [5, 5.41) is 3.94. The van der Waals surface area contributed by atoms with Gasteiger partial charge in [-0.05, 0) is 49.9 Å². The van der Waals surface area contributed by atoms with Crippen LogP contribution in [0, 0.1) is 6.92 Å². The van der Waals surface area contributed by atoms with Gasteiger partial charge in [-0.2, -0.15) is 0 Å². The van der Waals surface area contributed by atoms with E-state index in [1.807, 2.05) is 12.1 Å². The van der Waals surface area contributed by atoms with Crippen molar-refractivity contribution in [2.75, 3.05) is 45.7 Å². The number of nitrogens with one attached hydrogen (secondary N) is 1. The van der Waals surface area contributed by atoms with Gasteiger partial charge in [0, 0.05) is 36.6 Å². The molecule has 3 heterocycles. The van der Waals surface area contributed by atoms with E-state index >= 15 is 0 Å². The van der Waals surface area contributed by atoms with Gasteiger partial charge in [0.25, 0.3) is 5.91 Å². The van der Waals surface area contributed by atoms with Crippen molar-refractivity contribution < 1.29 is 13.9 Å². The van der Waals surface area contributed by atoms with Crippen LogP contribution in [0.25, 0.3) is 0 Å². The Hall–Kier alpha value is -2.61. The number of aryl methyl sites for hydroxylation is 1. The van der Waals surface area contributed by atoms with Gasteiger partial charge in [0.2, 0.25) is 0 Å². The number of piperazine rings is 1. The first-order chi connectivity index (χ1) is 14.5. The molecular formula is C23H27N3O3S. The Kier molecular flexibility index (Phi) is 6.22. The number of hydrogen-bond acceptors (Lipinski definition) is 6. The molecule has 0 aliphatic carbocycles. The number of benzene rings is 1. The molecule has 0 unspecified atom stereocenters. The normalized spacial score (nSPS) is 16.4. The molecule has 0 radical (unpaired) electrons. The van der Waals surface area contributed by atoms with Crippen molar-refractivity contribution in [2.45, 2.75) is 13.0 Å². The highest BCUT2D eigenvalue weighted by atomic mass is 32.1. The van der Waals surface area contributed by atoms with E-state index in [2.05, 4.69) is 47.3 Å². The van der Waals surface area contributed by atoms with Gasteiger partial charge < -0.3 is 19.4 Å². The van der Waals surface area contributed by atoms with Crippen LogP contribution in [0.3, 0.4) is 0 Å². The number of amides is 1. The number of hydrogen-bond donors (Lipinski definition) is 1. The van der Waals surface area contributed by atoms with Gasteiger partial charge in [-0.1, -0.05) is 12.1 Å². The number of rotatable bonds is 6. The molecule has 0 bridgehead atoms. The Morgan fingerprint density at radius 3 is 2.67 bits per heavy atom. The third kappa shape index (κ3) is 4.43. The Balaban J connectivity index is 1.72. The second-order valence-corrected chi connectivity index (χ2v) is 8.85. The minimum atomic E-state index is -0.231. The van der Waals surface area contributed by atoms with E-state index in [1.165, 1.54) is 6.26 Å². The fourth-order valence-corrected chi connectivity index (χ4v) is 4.83. The Bertz CT molecular complexity index is 991. The first-order valence-corrected chi connectivity index (χ1v) is 10.9. The van der Waals surface area contributed by atoms with Crippen molar-refractivity contribution in [3.8, 4) is 5.75 Å². The summed E-state index contributed by atoms with van der Waals surface area (Å²) in [6, 6.07) is 13.8. The standard InChI is InChI=1S/C23H27N3O3S/c1-16-14-19(23(30-16)24-22(27)20-8-5-13-29-20)21(26-11-9-25(2)10-12-26)17-6-4-7-18(15-17)28-3/h4-8,13-15,21H,9-12H2,1-3H3,(H,24,27)/t21-/m1/s1. The van der Waals surface area contributed by atoms with Crippen molar-refractivity contribution in [3.63, 3.8) is 0 Å². The van der Waals surface area contributed by atoms with E-state index in [0.717, 1.165) is 52.9 Å². The molecule has 7 heteroatoms. The molecule has 1 fully saturated rings. The largest absolute Gasteiger partial charge is 0.497 e. The van der Waals surface area contributed by atoms with Crippen LogP contribution in [0.2, 0.25) is 0 Å². The summed E-state index contributed by atoms with van der Waals surface area (Å²) < 4.78 is 10.8. The average molecular weight is 426 g/mol. The highest BCUT2D eigenvalue weighted by Gasteiger charge is 2.29. The van der Waals surface area contributed by atoms with Crippen LogP contribution in [-0.4, -0.2) is 56.0 Å². The van der Waals surface area contributed by atoms with E-state index < -0.39 is 0 Å². The summed E-state index contributed by atoms with van der Waals surface area (Å²) in [6.07, 6.45) is 1.51. The third-order valence-corrected chi connectivity index (χ3v) is 6.44. The van der Waals surface area contributed by atoms with Gasteiger partial charge in [-0.25, -0.2) is 0 Å². The Morgan fingerprint density at radius 2 is 1.97 bits per heavy atom. The van der Waals surface area contributed by atoms with Crippen LogP contribution in [0.15, 0.2) is 53.1 Å². The number of nitrogens with zero attached hydrogens (tertiary/aromatic N) is 2. The maximum atomic E-state index is 12.7. The van der Waals surface area contributed by atoms with Crippen molar-refractivity contribution in [3.05, 3.63) is 70.5 Å². The molecular weight excluding hydrogens is 398 g/mol. The van der Waals surface area contributed by atoms with Crippen molar-refractivity contribution in [1.29, 1.82) is 0 Å². The van der Waals surface area contributed by atoms with Crippen LogP contribution in [-0.2, 0) is 0 Å². The molecule has 158 valence electrons. The monoisotopic (exact) mass is 425 g/mol. The molecule has 4 rings (SSSR count). The topological polar surface area (TPSA) is 58.0 Å². The summed E-state index contributed by atoms with van der Waals surface area (Å²) >= 11 is 1.60. The molecule has 1 N–H and O–H groups in total. The Morgan fingerprint density at radius 1 is 1.17 bits per heavy atom. The highest BCUT2D eigenvalue weighted by molar-refractivity contribution is 7.16. The molecule has 1 atom stereocenters. The summed E-state index contributed by atoms with van der Waals surface area (Å²) in [5.74, 6) is 0.912. The van der Waals surface area contributed by atoms with E-state index in [4.69, 9.17) is 9.15 Å². The zero-order chi connectivity index (χ0) is 21.1. The summed E-state index contributed by atoms with van der Waals surface area (Å²) in [4.78, 5) is 18.7. The zero-order valence-corrected chi connectivity index (χ0v) is 18.4. The number of thiophene rings is 1. The van der Waals surface area contributed by atoms with Crippen LogP contribution in [0.4, 0.5) is 5.00 Å². The van der Waals surface area contributed by atoms with Crippen LogP contribution in [0.5, 0.6) is 5.75 Å². The maximum Gasteiger partial charge on any atom is 0.291 e. The second kappa shape index (κ2) is 9.04. The SMILES string of the molecule is COc1cccc([C@H](c2cc(C)sc2NC(=O)c2ccco2)N2CCN(C)CC2)c1. The van der Waals surface area contributed by atoms with E-state index in [0.29, 0.717) is 5.76 Å². The van der Waals surface area contributed by atoms with Crippen molar-refractivity contribution in [1.82, 2.24) is 9.80 Å². The number of carbonyl (C=O) groups is 1. The van der Waals surface area contributed by atoms with Gasteiger partial charge in [-0.3, -0.25) is 9.69 Å². The van der Waals surface area contributed by atoms with E-state index in [1.54, 1.807) is 30.6 Å². The lowest BCUT2D eigenvalue weighted by molar-refractivity contribution is 0.0996. The van der Waals surface area contributed by atoms with E-state index in [9.17, 15) is 4.79 Å². The molecule has 6 nitrogen and oxygen atoms in total. The molecule has 1 saturated heterocycles. The van der Waals surface area contributed by atoms with Gasteiger partial charge in [0.15, 0.2) is 5.76 Å². The third-order valence-electron chi connectivity index (χ3n) is 5.46. The molecule has 1 amide bonds. The molecule has 1 aliphatic heterocycles. The van der Waals surface area contributed by atoms with Crippen LogP contribution >= 0.6 is 11.3 Å². The first-order valence-electron chi connectivity index (χ1n) is 10.1. The lowest BCUT2D eigenvalue weighted by atomic mass is 9.97. The van der Waals surface area contributed by atoms with Gasteiger partial charge in [0.1, 0.15) is 10.8 Å². The predicted molar refractivity (Wildman–Crippen MR) is 120 cm³/mol. The maximum absolute atomic E-state index is 12.7. The van der Waals surface area contributed by atoms with Crippen molar-refractivity contribution >= 4 is 22.2 Å². The smallest absolute Gasteiger partial charge is 0.291 e. The fraction of sp³-hybridized carbons (Fsp3) is 0.348. The summed E-state index contributed by atoms with van der Waals surface area (Å²) in [5.41, 5.74) is 2.26. The predicted octanol–water partition coefficient (Wildman–Crippen LogP) is 4.25. The van der Waals surface area contributed by atoms with Gasteiger partial charge in [-0.15, -0.1) is 11.3 Å². The molecule has 0 saturated carbocycles. The fourth-order valence-electron chi connectivity index (χ4n) is 3.89. The molecule has 1 aromatic carbocycles. The number of ether oxygens (including phenoxy) is 1. The molecule has 2 aromatic heterocycles. The lowest BCUT2D eigenvalue weighted by Gasteiger charge is -2.38. The van der Waals surface area contributed by atoms with Crippen LogP contribution in [0.1, 0.15) is 32.6 Å². The average Bonchev–Trinajstić information content (AvgIpc) is 3.40. The van der Waals surface area contributed by atoms with Gasteiger partial charge in [0.05, 0.1) is 19.4 Å². The van der Waals surface area contributed by atoms with Crippen molar-refractivity contribution in [2.24, 2.45) is 0 Å². The summed E-state index contributed by atoms with van der Waals surface area (Å²) in [6.45, 7) is 6.01. The second-order valence-electron chi connectivity index (χ2n) is 7.59. The number of methoxy groups -OCH3 is 1. The first kappa shape index (κ1) is 20.7. The quantitative estimate of drug-likeness (QED) is 0.640. The Labute approximate surface area is 181 Å². The molecule has 0 spiro atoms. The highest BCUT2D eigenvalue weighted by Crippen LogP contribution is 2.40. The summed E-state index contributed by atoms with van der Waals surface area (Å²) in [7, 11) is 3.84. The number of carbonyl (C=O) groups excluding carboxylic acids is 1. The molecule has 1 aliphatic rings. The lowest BCUT2D eigenvalue weighted by Crippen LogP contribution is -2.46. The van der Waals surface area contributed by atoms with Crippen LogP contribution < -0.4 is 10.1 Å². The minimum absolute atomic E-state index is 0.0330. The van der Waals surface area contributed by atoms with E-state index in [-0.39, 0.29) is 11.9 Å². The molecule has 30 heavy (non-hydrogen) atoms. The number of furan rings is 1. The minimum Gasteiger partial charge on any atom is -0.497 e. The zero-order valence-electron chi connectivity index (χ0n) is 17.6. The number of anilines is 1. The molecule has 3 aromatic rings.